The molecule has 7 nitrogen and oxygen atoms in total. The Kier molecular flexibility index (Phi) is 7.48. The summed E-state index contributed by atoms with van der Waals surface area (Å²) in [5, 5.41) is 10.2. The molecule has 38 heavy (non-hydrogen) atoms. The molecule has 204 valence electrons. The van der Waals surface area contributed by atoms with E-state index in [1.807, 2.05) is 61.2 Å². The van der Waals surface area contributed by atoms with E-state index in [1.54, 1.807) is 21.6 Å². The molecule has 3 amide bonds. The number of aliphatic hydroxyl groups is 1. The number of rotatable bonds is 7. The molecule has 1 aromatic carbocycles. The number of para-hydroxylation sites is 1. The van der Waals surface area contributed by atoms with Gasteiger partial charge < -0.3 is 19.8 Å². The predicted molar refractivity (Wildman–Crippen MR) is 151 cm³/mol. The van der Waals surface area contributed by atoms with Crippen LogP contribution in [-0.2, 0) is 14.4 Å². The maximum absolute atomic E-state index is 14.5. The highest BCUT2D eigenvalue weighted by Crippen LogP contribution is 2.61. The highest BCUT2D eigenvalue weighted by Gasteiger charge is 2.72. The van der Waals surface area contributed by atoms with Gasteiger partial charge in [0.15, 0.2) is 0 Å². The van der Waals surface area contributed by atoms with Gasteiger partial charge in [-0.1, -0.05) is 69.7 Å². The van der Waals surface area contributed by atoms with Crippen LogP contribution in [0.3, 0.4) is 0 Å². The van der Waals surface area contributed by atoms with Gasteiger partial charge in [0.2, 0.25) is 17.7 Å². The summed E-state index contributed by atoms with van der Waals surface area (Å²) in [7, 11) is 0. The zero-order valence-corrected chi connectivity index (χ0v) is 23.5. The minimum Gasteiger partial charge on any atom is -0.394 e. The number of carbonyl (C=O) groups is 3. The molecule has 0 aliphatic carbocycles. The third kappa shape index (κ3) is 4.11. The van der Waals surface area contributed by atoms with Gasteiger partial charge in [0.05, 0.1) is 29.2 Å². The summed E-state index contributed by atoms with van der Waals surface area (Å²) in [4.78, 5) is 48.4. The minimum atomic E-state index is -0.869. The average molecular weight is 538 g/mol. The van der Waals surface area contributed by atoms with E-state index in [9.17, 15) is 19.5 Å². The molecule has 8 heteroatoms. The Morgan fingerprint density at radius 3 is 2.42 bits per heavy atom. The summed E-state index contributed by atoms with van der Waals surface area (Å²) >= 11 is 1.59. The molecule has 1 N–H and O–H groups in total. The molecule has 0 radical (unpaired) electrons. The lowest BCUT2D eigenvalue weighted by molar-refractivity contribution is -0.147. The number of hydrogen-bond acceptors (Lipinski definition) is 5. The normalized spacial score (nSPS) is 32.3. The number of nitrogens with zero attached hydrogens (tertiary/aromatic N) is 3. The summed E-state index contributed by atoms with van der Waals surface area (Å²) < 4.78 is -0.869. The predicted octanol–water partition coefficient (Wildman–Crippen LogP) is 3.49. The third-order valence-corrected chi connectivity index (χ3v) is 10.5. The first-order chi connectivity index (χ1) is 18.3. The van der Waals surface area contributed by atoms with Gasteiger partial charge in [-0.25, -0.2) is 0 Å². The zero-order chi connectivity index (χ0) is 27.2. The molecular formula is C30H39N3O4S. The van der Waals surface area contributed by atoms with Gasteiger partial charge in [-0.15, -0.1) is 11.8 Å². The number of carbonyl (C=O) groups excluding carboxylic acids is 3. The van der Waals surface area contributed by atoms with E-state index in [2.05, 4.69) is 26.0 Å². The molecule has 5 rings (SSSR count). The average Bonchev–Trinajstić information content (AvgIpc) is 3.20. The first-order valence-corrected chi connectivity index (χ1v) is 14.8. The van der Waals surface area contributed by atoms with Crippen molar-refractivity contribution in [2.75, 3.05) is 24.6 Å². The van der Waals surface area contributed by atoms with Crippen molar-refractivity contribution in [1.29, 1.82) is 0 Å². The van der Waals surface area contributed by atoms with Crippen molar-refractivity contribution in [3.63, 3.8) is 0 Å². The number of aliphatic hydroxyl groups excluding tert-OH is 1. The number of anilines is 1. The van der Waals surface area contributed by atoms with Crippen LogP contribution < -0.4 is 4.90 Å². The molecule has 1 aromatic rings. The van der Waals surface area contributed by atoms with E-state index in [4.69, 9.17) is 0 Å². The lowest BCUT2D eigenvalue weighted by Gasteiger charge is -2.41. The van der Waals surface area contributed by atoms with Crippen LogP contribution in [0.1, 0.15) is 40.5 Å². The van der Waals surface area contributed by atoms with Gasteiger partial charge in [0.1, 0.15) is 6.04 Å². The van der Waals surface area contributed by atoms with Crippen molar-refractivity contribution in [2.45, 2.75) is 68.7 Å². The van der Waals surface area contributed by atoms with Crippen LogP contribution in [0.2, 0.25) is 0 Å². The topological polar surface area (TPSA) is 81.2 Å². The fourth-order valence-electron chi connectivity index (χ4n) is 6.88. The molecule has 4 aliphatic heterocycles. The molecule has 2 unspecified atom stereocenters. The second kappa shape index (κ2) is 10.5. The second-order valence-corrected chi connectivity index (χ2v) is 12.8. The van der Waals surface area contributed by atoms with Crippen LogP contribution >= 0.6 is 11.8 Å². The first-order valence-electron chi connectivity index (χ1n) is 13.9. The Labute approximate surface area is 229 Å². The van der Waals surface area contributed by atoms with E-state index in [0.717, 1.165) is 18.5 Å². The van der Waals surface area contributed by atoms with E-state index in [0.29, 0.717) is 13.1 Å². The fraction of sp³-hybridized carbons (Fsp3) is 0.567. The minimum absolute atomic E-state index is 0.0295. The Morgan fingerprint density at radius 2 is 1.76 bits per heavy atom. The molecule has 0 saturated carbocycles. The Bertz CT molecular complexity index is 1140. The molecule has 1 spiro atoms. The molecule has 0 aromatic heterocycles. The Balaban J connectivity index is 1.63. The molecule has 4 aliphatic rings. The number of amides is 3. The van der Waals surface area contributed by atoms with Crippen molar-refractivity contribution < 1.29 is 19.5 Å². The molecule has 7 atom stereocenters. The van der Waals surface area contributed by atoms with Gasteiger partial charge in [0.25, 0.3) is 0 Å². The Morgan fingerprint density at radius 1 is 1.03 bits per heavy atom. The van der Waals surface area contributed by atoms with Crippen LogP contribution in [0.5, 0.6) is 0 Å². The maximum atomic E-state index is 14.5. The van der Waals surface area contributed by atoms with Crippen LogP contribution in [0.15, 0.2) is 54.6 Å². The molecule has 0 bridgehead atoms. The lowest BCUT2D eigenvalue weighted by Crippen LogP contribution is -2.58. The zero-order valence-electron chi connectivity index (χ0n) is 22.7. The van der Waals surface area contributed by atoms with Gasteiger partial charge in [0, 0.05) is 30.1 Å². The highest BCUT2D eigenvalue weighted by molar-refractivity contribution is 8.02. The van der Waals surface area contributed by atoms with Gasteiger partial charge in [-0.2, -0.15) is 0 Å². The summed E-state index contributed by atoms with van der Waals surface area (Å²) in [6.07, 6.45) is 9.98. The Hall–Kier alpha value is -2.58. The quantitative estimate of drug-likeness (QED) is 0.539. The molecule has 4 heterocycles. The molecule has 2 fully saturated rings. The van der Waals surface area contributed by atoms with Gasteiger partial charge in [-0.3, -0.25) is 14.4 Å². The van der Waals surface area contributed by atoms with Crippen molar-refractivity contribution in [3.8, 4) is 0 Å². The third-order valence-electron chi connectivity index (χ3n) is 8.75. The van der Waals surface area contributed by atoms with E-state index >= 15 is 0 Å². The van der Waals surface area contributed by atoms with Crippen molar-refractivity contribution in [3.05, 3.63) is 54.6 Å². The first kappa shape index (κ1) is 27.0. The van der Waals surface area contributed by atoms with Crippen LogP contribution in [0.4, 0.5) is 5.69 Å². The van der Waals surface area contributed by atoms with E-state index in [-0.39, 0.29) is 41.5 Å². The van der Waals surface area contributed by atoms with Gasteiger partial charge >= 0.3 is 0 Å². The second-order valence-electron chi connectivity index (χ2n) is 11.3. The van der Waals surface area contributed by atoms with E-state index in [1.165, 1.54) is 0 Å². The molecular weight excluding hydrogens is 498 g/mol. The van der Waals surface area contributed by atoms with Gasteiger partial charge in [-0.05, 0) is 31.4 Å². The highest BCUT2D eigenvalue weighted by atomic mass is 32.2. The molecule has 2 saturated heterocycles. The van der Waals surface area contributed by atoms with Crippen LogP contribution in [-0.4, -0.2) is 80.4 Å². The number of benzene rings is 1. The van der Waals surface area contributed by atoms with E-state index < -0.39 is 28.7 Å². The maximum Gasteiger partial charge on any atom is 0.247 e. The van der Waals surface area contributed by atoms with Crippen LogP contribution in [0, 0.1) is 17.8 Å². The number of likely N-dealkylation sites (tertiary alicyclic amines) is 1. The van der Waals surface area contributed by atoms with Crippen molar-refractivity contribution in [2.24, 2.45) is 17.8 Å². The monoisotopic (exact) mass is 537 g/mol. The largest absolute Gasteiger partial charge is 0.394 e. The number of hydrogen-bond donors (Lipinski definition) is 1. The summed E-state index contributed by atoms with van der Waals surface area (Å²) in [5.74, 6) is -1.68. The smallest absolute Gasteiger partial charge is 0.247 e. The van der Waals surface area contributed by atoms with Crippen molar-refractivity contribution >= 4 is 35.2 Å². The summed E-state index contributed by atoms with van der Waals surface area (Å²) in [6.45, 7) is 8.80. The number of fused-ring (bicyclic) bond motifs is 2. The standard InChI is InChI=1S/C30H39N3O4S/c1-5-11-20(4)31-17-10-15-30-25(28(36)33(26(30)29(31)37)22(18-34)19(2)3)24-23(38-30)14-9-16-32(27(24)35)21-12-7-6-8-13-21/h6-10,12-15,19-20,22-26,34H,5,11,16-18H2,1-4H3/t20?,22-,23-,24+,25-,26?,30-/m0/s1. The summed E-state index contributed by atoms with van der Waals surface area (Å²) in [5.41, 5.74) is 0.801. The number of thioether (sulfide) groups is 1. The lowest BCUT2D eigenvalue weighted by atomic mass is 9.78. The van der Waals surface area contributed by atoms with Crippen LogP contribution in [0.25, 0.3) is 0 Å². The van der Waals surface area contributed by atoms with Crippen molar-refractivity contribution in [1.82, 2.24) is 9.80 Å². The SMILES string of the molecule is CCCC(C)N1CC=C[C@]23S[C@H]4C=CCN(c5ccccc5)C(=O)[C@H]4[C@H]2C(=O)N([C@@H](CO)C(C)C)C3C1=O. The fourth-order valence-corrected chi connectivity index (χ4v) is 8.87. The summed E-state index contributed by atoms with van der Waals surface area (Å²) in [6, 6.07) is 8.33.